The van der Waals surface area contributed by atoms with Crippen LogP contribution in [-0.2, 0) is 11.2 Å². The third kappa shape index (κ3) is 2.54. The van der Waals surface area contributed by atoms with Crippen LogP contribution in [0.4, 0.5) is 0 Å². The number of aliphatic imine (C=N–C) groups is 1. The van der Waals surface area contributed by atoms with Gasteiger partial charge in [-0.25, -0.2) is 4.99 Å². The minimum Gasteiger partial charge on any atom is -0.387 e. The molecular weight excluding hydrogens is 300 g/mol. The minimum absolute atomic E-state index is 0.395. The first-order valence-electron chi connectivity index (χ1n) is 7.21. The van der Waals surface area contributed by atoms with Gasteiger partial charge in [-0.05, 0) is 13.0 Å². The van der Waals surface area contributed by atoms with Gasteiger partial charge in [0.15, 0.2) is 12.1 Å². The summed E-state index contributed by atoms with van der Waals surface area (Å²) in [6.07, 6.45) is -1.54. The highest BCUT2D eigenvalue weighted by molar-refractivity contribution is 6.06. The summed E-state index contributed by atoms with van der Waals surface area (Å²) >= 11 is 0. The number of amidine groups is 1. The molecule has 3 rings (SSSR count). The maximum Gasteiger partial charge on any atom is 0.180 e. The van der Waals surface area contributed by atoms with Crippen molar-refractivity contribution in [3.05, 3.63) is 23.5 Å². The van der Waals surface area contributed by atoms with Gasteiger partial charge in [-0.15, -0.1) is 5.92 Å². The number of rotatable bonds is 2. The number of hydrazone groups is 1. The Labute approximate surface area is 132 Å². The quantitative estimate of drug-likeness (QED) is 0.308. The number of aromatic nitrogens is 1. The molecule has 122 valence electrons. The van der Waals surface area contributed by atoms with Crippen molar-refractivity contribution in [2.24, 2.45) is 15.9 Å². The maximum atomic E-state index is 10.3. The van der Waals surface area contributed by atoms with E-state index in [2.05, 4.69) is 21.9 Å². The Morgan fingerprint density at radius 1 is 1.48 bits per heavy atom. The monoisotopic (exact) mass is 318 g/mol. The molecular formula is C15H18N4O4. The Morgan fingerprint density at radius 3 is 2.96 bits per heavy atom. The smallest absolute Gasteiger partial charge is 0.180 e. The van der Waals surface area contributed by atoms with Crippen LogP contribution in [0, 0.1) is 11.8 Å². The van der Waals surface area contributed by atoms with Crippen LogP contribution < -0.4 is 5.84 Å². The van der Waals surface area contributed by atoms with Crippen LogP contribution in [0.15, 0.2) is 22.4 Å². The van der Waals surface area contributed by atoms with Crippen molar-refractivity contribution in [3.63, 3.8) is 0 Å². The number of nitrogens with zero attached hydrogens (tertiary/aromatic N) is 3. The van der Waals surface area contributed by atoms with Gasteiger partial charge in [0.05, 0.1) is 0 Å². The largest absolute Gasteiger partial charge is 0.387 e. The Morgan fingerprint density at radius 2 is 2.26 bits per heavy atom. The highest BCUT2D eigenvalue weighted by Gasteiger charge is 2.47. The summed E-state index contributed by atoms with van der Waals surface area (Å²) in [4.78, 5) is 4.11. The summed E-state index contributed by atoms with van der Waals surface area (Å²) < 4.78 is 7.37. The summed E-state index contributed by atoms with van der Waals surface area (Å²) in [5.41, 5.74) is 1.56. The van der Waals surface area contributed by atoms with Gasteiger partial charge in [0.2, 0.25) is 0 Å². The summed E-state index contributed by atoms with van der Waals surface area (Å²) in [6, 6.07) is 1.77. The van der Waals surface area contributed by atoms with E-state index in [9.17, 15) is 15.3 Å². The molecule has 8 heteroatoms. The van der Waals surface area contributed by atoms with E-state index in [1.54, 1.807) is 30.0 Å². The molecule has 1 saturated heterocycles. The summed E-state index contributed by atoms with van der Waals surface area (Å²) in [5, 5.41) is 34.0. The molecule has 0 aromatic carbocycles. The van der Waals surface area contributed by atoms with E-state index < -0.39 is 30.6 Å². The average molecular weight is 318 g/mol. The Kier molecular flexibility index (Phi) is 4.19. The van der Waals surface area contributed by atoms with Crippen molar-refractivity contribution in [2.75, 3.05) is 0 Å². The fourth-order valence-corrected chi connectivity index (χ4v) is 2.93. The van der Waals surface area contributed by atoms with E-state index in [0.717, 1.165) is 11.3 Å². The zero-order valence-corrected chi connectivity index (χ0v) is 12.5. The highest BCUT2D eigenvalue weighted by atomic mass is 16.6. The number of hydrogen-bond acceptors (Lipinski definition) is 6. The van der Waals surface area contributed by atoms with Crippen LogP contribution in [0.2, 0.25) is 0 Å². The molecule has 2 aliphatic heterocycles. The van der Waals surface area contributed by atoms with E-state index in [0.29, 0.717) is 12.3 Å². The molecule has 1 aromatic rings. The van der Waals surface area contributed by atoms with E-state index >= 15 is 0 Å². The fraction of sp³-hybridized carbons (Fsp3) is 0.467. The van der Waals surface area contributed by atoms with Crippen LogP contribution in [0.3, 0.4) is 0 Å². The first kappa shape index (κ1) is 15.7. The normalized spacial score (nSPS) is 32.4. The second-order valence-corrected chi connectivity index (χ2v) is 5.36. The van der Waals surface area contributed by atoms with Crippen molar-refractivity contribution < 1.29 is 20.1 Å². The Hall–Kier alpha value is -2.18. The first-order chi connectivity index (χ1) is 11.1. The molecule has 1 aromatic heterocycles. The van der Waals surface area contributed by atoms with Crippen molar-refractivity contribution >= 4 is 12.1 Å². The third-order valence-corrected chi connectivity index (χ3v) is 4.04. The number of ether oxygens (including phenoxy) is 1. The average Bonchev–Trinajstić information content (AvgIpc) is 3.10. The predicted molar refractivity (Wildman–Crippen MR) is 82.7 cm³/mol. The van der Waals surface area contributed by atoms with Crippen molar-refractivity contribution in [1.29, 1.82) is 0 Å². The molecule has 0 amide bonds. The molecule has 1 fully saturated rings. The van der Waals surface area contributed by atoms with Gasteiger partial charge in [0, 0.05) is 30.1 Å². The maximum absolute atomic E-state index is 10.3. The van der Waals surface area contributed by atoms with Gasteiger partial charge >= 0.3 is 0 Å². The molecule has 23 heavy (non-hydrogen) atoms. The lowest BCUT2D eigenvalue weighted by Gasteiger charge is -2.21. The molecule has 3 heterocycles. The van der Waals surface area contributed by atoms with Crippen molar-refractivity contribution in [1.82, 2.24) is 4.57 Å². The lowest BCUT2D eigenvalue weighted by Crippen LogP contribution is -2.38. The summed E-state index contributed by atoms with van der Waals surface area (Å²) in [7, 11) is 0. The standard InChI is InChI=1S/C15H18N4O4/c1-2-3-10(20)13-11(21)12(22)15(23-13)19-7-5-8-9(19)4-6-17-14(8)18-16/h5-7,10-13,15,20-22H,4,16H2,1H3/b18-14+/t10-,11+,12-,13-,15-/m1/s1. The van der Waals surface area contributed by atoms with Gasteiger partial charge in [-0.2, -0.15) is 5.10 Å². The van der Waals surface area contributed by atoms with Gasteiger partial charge in [-0.3, -0.25) is 0 Å². The molecule has 0 radical (unpaired) electrons. The number of nitrogens with two attached hydrogens (primary N) is 1. The number of aliphatic hydroxyl groups is 3. The van der Waals surface area contributed by atoms with E-state index in [4.69, 9.17) is 10.6 Å². The fourth-order valence-electron chi connectivity index (χ4n) is 2.93. The molecule has 8 nitrogen and oxygen atoms in total. The van der Waals surface area contributed by atoms with E-state index in [1.165, 1.54) is 0 Å². The van der Waals surface area contributed by atoms with Crippen LogP contribution in [0.1, 0.15) is 24.4 Å². The second kappa shape index (κ2) is 6.14. The molecule has 0 bridgehead atoms. The second-order valence-electron chi connectivity index (χ2n) is 5.36. The van der Waals surface area contributed by atoms with Crippen molar-refractivity contribution in [2.45, 2.75) is 44.0 Å². The number of fused-ring (bicyclic) bond motifs is 1. The minimum atomic E-state index is -1.24. The van der Waals surface area contributed by atoms with Crippen LogP contribution in [0.25, 0.3) is 0 Å². The molecule has 0 unspecified atom stereocenters. The van der Waals surface area contributed by atoms with Gasteiger partial charge < -0.3 is 30.5 Å². The number of hydrogen-bond donors (Lipinski definition) is 4. The molecule has 0 spiro atoms. The first-order valence-corrected chi connectivity index (χ1v) is 7.21. The summed E-state index contributed by atoms with van der Waals surface area (Å²) in [6.45, 7) is 1.58. The van der Waals surface area contributed by atoms with Crippen LogP contribution >= 0.6 is 0 Å². The van der Waals surface area contributed by atoms with E-state index in [-0.39, 0.29) is 0 Å². The summed E-state index contributed by atoms with van der Waals surface area (Å²) in [5.74, 6) is 10.8. The molecule has 0 aliphatic carbocycles. The Balaban J connectivity index is 1.92. The molecule has 2 aliphatic rings. The SMILES string of the molecule is CC#C[C@@H](O)[C@H]1O[C@@H](n2ccc3c2CC=N/C3=N/N)[C@H](O)[C@@H]1O. The zero-order chi connectivity index (χ0) is 16.6. The highest BCUT2D eigenvalue weighted by Crippen LogP contribution is 2.33. The third-order valence-electron chi connectivity index (χ3n) is 4.04. The zero-order valence-electron chi connectivity index (χ0n) is 12.5. The van der Waals surface area contributed by atoms with Crippen molar-refractivity contribution in [3.8, 4) is 11.8 Å². The molecule has 5 atom stereocenters. The lowest BCUT2D eigenvalue weighted by atomic mass is 10.1. The molecule has 0 saturated carbocycles. The number of aliphatic hydroxyl groups excluding tert-OH is 3. The van der Waals surface area contributed by atoms with Crippen LogP contribution in [0.5, 0.6) is 0 Å². The van der Waals surface area contributed by atoms with Gasteiger partial charge in [-0.1, -0.05) is 5.92 Å². The van der Waals surface area contributed by atoms with E-state index in [1.807, 2.05) is 0 Å². The lowest BCUT2D eigenvalue weighted by molar-refractivity contribution is -0.0692. The predicted octanol–water partition coefficient (Wildman–Crippen LogP) is -1.26. The Bertz CT molecular complexity index is 715. The topological polar surface area (TPSA) is 126 Å². The van der Waals surface area contributed by atoms with Gasteiger partial charge in [0.25, 0.3) is 0 Å². The molecule has 5 N–H and O–H groups in total. The van der Waals surface area contributed by atoms with Gasteiger partial charge in [0.1, 0.15) is 24.4 Å². The van der Waals surface area contributed by atoms with Crippen LogP contribution in [-0.4, -0.2) is 56.4 Å².